The lowest BCUT2D eigenvalue weighted by Gasteiger charge is -2.26. The predicted molar refractivity (Wildman–Crippen MR) is 173 cm³/mol. The number of fused-ring (bicyclic) bond motifs is 2. The van der Waals surface area contributed by atoms with Crippen molar-refractivity contribution in [2.75, 3.05) is 41.7 Å². The van der Waals surface area contributed by atoms with Gasteiger partial charge < -0.3 is 33.5 Å². The number of phenolic OH excluding ortho intramolecular Hbond substituents is 1. The van der Waals surface area contributed by atoms with E-state index in [0.717, 1.165) is 22.3 Å². The number of aryl methyl sites for hydroxylation is 1. The minimum absolute atomic E-state index is 0.0263. The highest BCUT2D eigenvalue weighted by molar-refractivity contribution is 6.05. The SMILES string of the molecule is COc1ccc(C2COc3c(ccc(C)c3C)C2=O)cc1OC.COc1ccc(C2COc3c(ccc(O)c3C)C2=O)cc1OC. The van der Waals surface area contributed by atoms with E-state index in [-0.39, 0.29) is 29.8 Å². The molecular formula is C37H38O9. The summed E-state index contributed by atoms with van der Waals surface area (Å²) in [6, 6.07) is 17.9. The molecule has 4 aromatic rings. The quantitative estimate of drug-likeness (QED) is 0.248. The summed E-state index contributed by atoms with van der Waals surface area (Å²) in [6.07, 6.45) is 0. The number of Topliss-reactive ketones (excluding diaryl/α,β-unsaturated/α-hetero) is 2. The van der Waals surface area contributed by atoms with Crippen molar-refractivity contribution < 1.29 is 43.1 Å². The fourth-order valence-corrected chi connectivity index (χ4v) is 5.73. The molecule has 0 aliphatic carbocycles. The van der Waals surface area contributed by atoms with Crippen LogP contribution in [0.4, 0.5) is 0 Å². The van der Waals surface area contributed by atoms with Gasteiger partial charge in [0, 0.05) is 5.56 Å². The van der Waals surface area contributed by atoms with Crippen LogP contribution in [0.25, 0.3) is 0 Å². The number of methoxy groups -OCH3 is 4. The van der Waals surface area contributed by atoms with Crippen molar-refractivity contribution in [1.82, 2.24) is 0 Å². The van der Waals surface area contributed by atoms with E-state index in [4.69, 9.17) is 28.4 Å². The first kappa shape index (κ1) is 32.2. The normalized spacial score (nSPS) is 16.5. The lowest BCUT2D eigenvalue weighted by atomic mass is 9.87. The highest BCUT2D eigenvalue weighted by Gasteiger charge is 2.33. The first-order valence-electron chi connectivity index (χ1n) is 14.8. The van der Waals surface area contributed by atoms with E-state index in [1.807, 2.05) is 50.2 Å². The number of hydrogen-bond acceptors (Lipinski definition) is 9. The number of rotatable bonds is 6. The summed E-state index contributed by atoms with van der Waals surface area (Å²) in [5, 5.41) is 9.75. The topological polar surface area (TPSA) is 110 Å². The van der Waals surface area contributed by atoms with Crippen LogP contribution in [-0.2, 0) is 0 Å². The first-order chi connectivity index (χ1) is 22.1. The molecule has 1 N–H and O–H groups in total. The lowest BCUT2D eigenvalue weighted by Crippen LogP contribution is -2.26. The van der Waals surface area contributed by atoms with Gasteiger partial charge in [-0.15, -0.1) is 0 Å². The van der Waals surface area contributed by atoms with E-state index in [0.29, 0.717) is 57.8 Å². The average molecular weight is 627 g/mol. The van der Waals surface area contributed by atoms with Crippen LogP contribution in [0.5, 0.6) is 40.2 Å². The first-order valence-corrected chi connectivity index (χ1v) is 14.8. The van der Waals surface area contributed by atoms with E-state index in [1.54, 1.807) is 53.6 Å². The van der Waals surface area contributed by atoms with Gasteiger partial charge in [0.1, 0.15) is 30.5 Å². The number of ketones is 2. The van der Waals surface area contributed by atoms with Crippen molar-refractivity contribution >= 4 is 11.6 Å². The molecule has 0 bridgehead atoms. The molecule has 46 heavy (non-hydrogen) atoms. The molecular weight excluding hydrogens is 588 g/mol. The number of phenols is 1. The number of aromatic hydroxyl groups is 1. The molecule has 0 aromatic heterocycles. The largest absolute Gasteiger partial charge is 0.508 e. The van der Waals surface area contributed by atoms with Crippen LogP contribution >= 0.6 is 0 Å². The van der Waals surface area contributed by atoms with E-state index in [2.05, 4.69) is 0 Å². The molecule has 9 nitrogen and oxygen atoms in total. The number of carbonyl (C=O) groups is 2. The maximum Gasteiger partial charge on any atom is 0.177 e. The Morgan fingerprint density at radius 3 is 1.48 bits per heavy atom. The van der Waals surface area contributed by atoms with Gasteiger partial charge in [0.05, 0.1) is 51.4 Å². The standard InChI is InChI=1S/C19H20O4.C18H18O5/c1-11-5-7-14-18(20)15(10-23-19(14)12(11)2)13-6-8-16(21-3)17(9-13)22-4;1-10-14(19)6-5-12-17(20)13(9-23-18(10)12)11-4-7-15(21-2)16(8-11)22-3/h5-9,15H,10H2,1-4H3;4-8,13,19H,9H2,1-3H3. The number of ether oxygens (including phenoxy) is 6. The minimum Gasteiger partial charge on any atom is -0.508 e. The summed E-state index contributed by atoms with van der Waals surface area (Å²) in [5.74, 6) is 3.07. The second-order valence-electron chi connectivity index (χ2n) is 11.2. The summed E-state index contributed by atoms with van der Waals surface area (Å²) in [5.41, 5.74) is 5.57. The van der Waals surface area contributed by atoms with Gasteiger partial charge in [0.25, 0.3) is 0 Å². The number of hydrogen-bond donors (Lipinski definition) is 1. The van der Waals surface area contributed by atoms with Crippen LogP contribution in [0.2, 0.25) is 0 Å². The lowest BCUT2D eigenvalue weighted by molar-refractivity contribution is 0.0886. The van der Waals surface area contributed by atoms with Crippen molar-refractivity contribution in [2.45, 2.75) is 32.6 Å². The smallest absolute Gasteiger partial charge is 0.177 e. The Hall–Kier alpha value is -5.18. The molecule has 2 aliphatic heterocycles. The van der Waals surface area contributed by atoms with Gasteiger partial charge in [0.15, 0.2) is 34.6 Å². The van der Waals surface area contributed by atoms with Crippen molar-refractivity contribution in [2.24, 2.45) is 0 Å². The summed E-state index contributed by atoms with van der Waals surface area (Å²) in [6.45, 7) is 6.30. The molecule has 4 aromatic carbocycles. The molecule has 240 valence electrons. The van der Waals surface area contributed by atoms with Crippen LogP contribution in [0.15, 0.2) is 60.7 Å². The Morgan fingerprint density at radius 1 is 0.587 bits per heavy atom. The third-order valence-electron chi connectivity index (χ3n) is 8.63. The van der Waals surface area contributed by atoms with Gasteiger partial charge in [-0.25, -0.2) is 0 Å². The molecule has 0 spiro atoms. The summed E-state index contributed by atoms with van der Waals surface area (Å²) in [7, 11) is 6.30. The monoisotopic (exact) mass is 626 g/mol. The van der Waals surface area contributed by atoms with Gasteiger partial charge in [-0.1, -0.05) is 18.2 Å². The van der Waals surface area contributed by atoms with Crippen LogP contribution in [-0.4, -0.2) is 58.3 Å². The molecule has 2 atom stereocenters. The van der Waals surface area contributed by atoms with Gasteiger partial charge in [-0.05, 0) is 85.5 Å². The Labute approximate surface area is 268 Å². The molecule has 2 unspecified atom stereocenters. The summed E-state index contributed by atoms with van der Waals surface area (Å²) >= 11 is 0. The molecule has 0 saturated heterocycles. The number of benzene rings is 4. The minimum atomic E-state index is -0.411. The van der Waals surface area contributed by atoms with E-state index >= 15 is 0 Å². The van der Waals surface area contributed by atoms with Crippen molar-refractivity contribution in [3.8, 4) is 40.2 Å². The Morgan fingerprint density at radius 2 is 1.02 bits per heavy atom. The fraction of sp³-hybridized carbons (Fsp3) is 0.297. The third kappa shape index (κ3) is 5.92. The van der Waals surface area contributed by atoms with E-state index in [1.165, 1.54) is 6.07 Å². The number of carbonyl (C=O) groups excluding carboxylic acids is 2. The Bertz CT molecular complexity index is 1660. The van der Waals surface area contributed by atoms with Crippen LogP contribution in [0.3, 0.4) is 0 Å². The molecule has 6 rings (SSSR count). The second kappa shape index (κ2) is 13.4. The van der Waals surface area contributed by atoms with E-state index < -0.39 is 5.92 Å². The average Bonchev–Trinajstić information content (AvgIpc) is 3.08. The Balaban J connectivity index is 0.000000181. The van der Waals surface area contributed by atoms with Gasteiger partial charge in [0.2, 0.25) is 0 Å². The molecule has 2 heterocycles. The molecule has 9 heteroatoms. The van der Waals surface area contributed by atoms with E-state index in [9.17, 15) is 14.7 Å². The maximum atomic E-state index is 12.9. The molecule has 0 fully saturated rings. The van der Waals surface area contributed by atoms with Crippen LogP contribution in [0.1, 0.15) is 60.4 Å². The summed E-state index contributed by atoms with van der Waals surface area (Å²) in [4.78, 5) is 25.7. The van der Waals surface area contributed by atoms with Gasteiger partial charge >= 0.3 is 0 Å². The highest BCUT2D eigenvalue weighted by Crippen LogP contribution is 2.41. The van der Waals surface area contributed by atoms with Gasteiger partial charge in [-0.3, -0.25) is 9.59 Å². The summed E-state index contributed by atoms with van der Waals surface area (Å²) < 4.78 is 32.8. The zero-order valence-corrected chi connectivity index (χ0v) is 27.1. The van der Waals surface area contributed by atoms with Crippen molar-refractivity contribution in [3.05, 3.63) is 99.6 Å². The maximum absolute atomic E-state index is 12.9. The van der Waals surface area contributed by atoms with Crippen LogP contribution < -0.4 is 28.4 Å². The molecule has 2 aliphatic rings. The fourth-order valence-electron chi connectivity index (χ4n) is 5.73. The zero-order chi connectivity index (χ0) is 33.1. The Kier molecular flexibility index (Phi) is 9.41. The van der Waals surface area contributed by atoms with Crippen molar-refractivity contribution in [3.63, 3.8) is 0 Å². The predicted octanol–water partition coefficient (Wildman–Crippen LogP) is 6.76. The zero-order valence-electron chi connectivity index (χ0n) is 27.1. The van der Waals surface area contributed by atoms with Gasteiger partial charge in [-0.2, -0.15) is 0 Å². The molecule has 0 radical (unpaired) electrons. The molecule has 0 amide bonds. The third-order valence-corrected chi connectivity index (χ3v) is 8.63. The van der Waals surface area contributed by atoms with Crippen LogP contribution in [0, 0.1) is 20.8 Å². The molecule has 0 saturated carbocycles. The second-order valence-corrected chi connectivity index (χ2v) is 11.2. The highest BCUT2D eigenvalue weighted by atomic mass is 16.5. The van der Waals surface area contributed by atoms with Crippen molar-refractivity contribution in [1.29, 1.82) is 0 Å².